The third-order valence-electron chi connectivity index (χ3n) is 9.21. The average molecular weight is 689 g/mol. The standard InChI is InChI=1S/C43H76O6/c1-4-5-6-7-22-27-32-40-41(49-40)33-28-23-18-16-20-25-30-35-43(46)48-37-39(44)36-47-42(45)34-29-24-19-15-13-11-9-8-10-12-14-17-21-26-31-38(2)3/h16,20,22-23,27-28,38-41,44H,4-15,17-19,21,24-26,29-37H2,1-3H3/b20-16-,27-22-,28-23-/t39-,40?,41?/m0/s1. The largest absolute Gasteiger partial charge is 0.463 e. The molecule has 1 fully saturated rings. The Morgan fingerprint density at radius 3 is 1.59 bits per heavy atom. The Kier molecular flexibility index (Phi) is 30.6. The van der Waals surface area contributed by atoms with Crippen LogP contribution in [0.2, 0.25) is 0 Å². The van der Waals surface area contributed by atoms with Gasteiger partial charge in [0, 0.05) is 12.8 Å². The van der Waals surface area contributed by atoms with E-state index < -0.39 is 6.10 Å². The minimum absolute atomic E-state index is 0.135. The maximum Gasteiger partial charge on any atom is 0.305 e. The Bertz CT molecular complexity index is 862. The highest BCUT2D eigenvalue weighted by atomic mass is 16.6. The SMILES string of the molecule is CCCCC/C=C\CC1OC1C/C=C\C/C=C\CCCC(=O)OC[C@@H](O)COC(=O)CCCCCCCCCCCCCCCCC(C)C. The van der Waals surface area contributed by atoms with E-state index in [9.17, 15) is 14.7 Å². The van der Waals surface area contributed by atoms with Crippen LogP contribution in [0.4, 0.5) is 0 Å². The summed E-state index contributed by atoms with van der Waals surface area (Å²) in [7, 11) is 0. The second-order valence-corrected chi connectivity index (χ2v) is 14.6. The van der Waals surface area contributed by atoms with Gasteiger partial charge >= 0.3 is 11.9 Å². The van der Waals surface area contributed by atoms with Crippen molar-refractivity contribution in [2.75, 3.05) is 13.2 Å². The number of allylic oxidation sites excluding steroid dienone is 4. The molecule has 0 aromatic rings. The van der Waals surface area contributed by atoms with Crippen LogP contribution in [0.5, 0.6) is 0 Å². The lowest BCUT2D eigenvalue weighted by Crippen LogP contribution is -2.25. The van der Waals surface area contributed by atoms with Gasteiger partial charge in [0.05, 0.1) is 12.2 Å². The zero-order valence-electron chi connectivity index (χ0n) is 32.1. The van der Waals surface area contributed by atoms with E-state index >= 15 is 0 Å². The Morgan fingerprint density at radius 2 is 1.04 bits per heavy atom. The summed E-state index contributed by atoms with van der Waals surface area (Å²) < 4.78 is 16.0. The van der Waals surface area contributed by atoms with Crippen molar-refractivity contribution in [3.05, 3.63) is 36.5 Å². The molecule has 3 atom stereocenters. The van der Waals surface area contributed by atoms with E-state index in [0.29, 0.717) is 31.5 Å². The third-order valence-corrected chi connectivity index (χ3v) is 9.21. The smallest absolute Gasteiger partial charge is 0.305 e. The van der Waals surface area contributed by atoms with Crippen LogP contribution in [0.1, 0.15) is 188 Å². The monoisotopic (exact) mass is 689 g/mol. The van der Waals surface area contributed by atoms with Crippen molar-refractivity contribution in [3.8, 4) is 0 Å². The molecule has 0 aromatic carbocycles. The summed E-state index contributed by atoms with van der Waals surface area (Å²) in [5.41, 5.74) is 0. The van der Waals surface area contributed by atoms with Crippen LogP contribution in [0.15, 0.2) is 36.5 Å². The van der Waals surface area contributed by atoms with Crippen molar-refractivity contribution in [3.63, 3.8) is 0 Å². The summed E-state index contributed by atoms with van der Waals surface area (Å²) in [6.45, 7) is 6.58. The van der Waals surface area contributed by atoms with E-state index in [4.69, 9.17) is 14.2 Å². The van der Waals surface area contributed by atoms with Gasteiger partial charge in [-0.25, -0.2) is 0 Å². The number of carbonyl (C=O) groups excluding carboxylic acids is 2. The van der Waals surface area contributed by atoms with Gasteiger partial charge in [-0.2, -0.15) is 0 Å². The van der Waals surface area contributed by atoms with Gasteiger partial charge in [0.2, 0.25) is 0 Å². The maximum absolute atomic E-state index is 12.0. The van der Waals surface area contributed by atoms with E-state index in [1.807, 2.05) is 0 Å². The fourth-order valence-corrected chi connectivity index (χ4v) is 5.95. The van der Waals surface area contributed by atoms with E-state index in [-0.39, 0.29) is 25.2 Å². The molecule has 6 nitrogen and oxygen atoms in total. The molecule has 1 heterocycles. The summed E-state index contributed by atoms with van der Waals surface area (Å²) in [6, 6.07) is 0. The molecule has 0 aliphatic carbocycles. The quantitative estimate of drug-likeness (QED) is 0.0309. The highest BCUT2D eigenvalue weighted by molar-refractivity contribution is 5.69. The van der Waals surface area contributed by atoms with Gasteiger partial charge in [-0.05, 0) is 57.3 Å². The van der Waals surface area contributed by atoms with Crippen LogP contribution >= 0.6 is 0 Å². The van der Waals surface area contributed by atoms with Crippen LogP contribution < -0.4 is 0 Å². The number of hydrogen-bond donors (Lipinski definition) is 1. The molecular formula is C43H76O6. The molecule has 0 spiro atoms. The fraction of sp³-hybridized carbons (Fsp3) is 0.814. The first-order chi connectivity index (χ1) is 23.9. The number of carbonyl (C=O) groups is 2. The van der Waals surface area contributed by atoms with E-state index in [1.165, 1.54) is 103 Å². The molecule has 284 valence electrons. The Morgan fingerprint density at radius 1 is 0.592 bits per heavy atom. The summed E-state index contributed by atoms with van der Waals surface area (Å²) in [6.07, 6.45) is 42.3. The summed E-state index contributed by atoms with van der Waals surface area (Å²) >= 11 is 0. The predicted octanol–water partition coefficient (Wildman–Crippen LogP) is 11.7. The molecule has 0 saturated carbocycles. The number of rotatable bonds is 35. The fourth-order valence-electron chi connectivity index (χ4n) is 5.95. The molecule has 1 aliphatic rings. The van der Waals surface area contributed by atoms with E-state index in [1.54, 1.807) is 0 Å². The Labute approximate surface area is 301 Å². The molecule has 2 unspecified atom stereocenters. The molecule has 0 bridgehead atoms. The molecule has 1 aliphatic heterocycles. The van der Waals surface area contributed by atoms with Gasteiger partial charge in [0.15, 0.2) is 0 Å². The first-order valence-corrected chi connectivity index (χ1v) is 20.5. The van der Waals surface area contributed by atoms with Crippen LogP contribution in [0.3, 0.4) is 0 Å². The summed E-state index contributed by atoms with van der Waals surface area (Å²) in [4.78, 5) is 24.0. The Hall–Kier alpha value is -1.92. The molecule has 1 rings (SSSR count). The van der Waals surface area contributed by atoms with Gasteiger partial charge < -0.3 is 19.3 Å². The lowest BCUT2D eigenvalue weighted by atomic mass is 10.0. The lowest BCUT2D eigenvalue weighted by molar-refractivity contribution is -0.152. The van der Waals surface area contributed by atoms with Crippen molar-refractivity contribution in [2.45, 2.75) is 206 Å². The maximum atomic E-state index is 12.0. The van der Waals surface area contributed by atoms with Crippen molar-refractivity contribution in [2.24, 2.45) is 5.92 Å². The highest BCUT2D eigenvalue weighted by Gasteiger charge is 2.35. The highest BCUT2D eigenvalue weighted by Crippen LogP contribution is 2.29. The summed E-state index contributed by atoms with van der Waals surface area (Å²) in [5.74, 6) is 0.217. The number of hydrogen-bond acceptors (Lipinski definition) is 6. The van der Waals surface area contributed by atoms with Gasteiger partial charge in [-0.15, -0.1) is 0 Å². The van der Waals surface area contributed by atoms with Crippen molar-refractivity contribution in [1.29, 1.82) is 0 Å². The average Bonchev–Trinajstić information content (AvgIpc) is 3.84. The summed E-state index contributed by atoms with van der Waals surface area (Å²) in [5, 5.41) is 10.0. The van der Waals surface area contributed by atoms with Crippen molar-refractivity contribution < 1.29 is 28.9 Å². The van der Waals surface area contributed by atoms with E-state index in [2.05, 4.69) is 57.2 Å². The minimum Gasteiger partial charge on any atom is -0.463 e. The number of ether oxygens (including phenoxy) is 3. The van der Waals surface area contributed by atoms with Crippen LogP contribution in [0, 0.1) is 5.92 Å². The number of aliphatic hydroxyl groups is 1. The topological polar surface area (TPSA) is 85.4 Å². The van der Waals surface area contributed by atoms with Gasteiger partial charge in [-0.1, -0.05) is 160 Å². The first-order valence-electron chi connectivity index (χ1n) is 20.5. The predicted molar refractivity (Wildman–Crippen MR) is 205 cm³/mol. The van der Waals surface area contributed by atoms with Gasteiger partial charge in [0.1, 0.15) is 19.3 Å². The van der Waals surface area contributed by atoms with Crippen molar-refractivity contribution in [1.82, 2.24) is 0 Å². The minimum atomic E-state index is -0.988. The molecule has 0 radical (unpaired) electrons. The van der Waals surface area contributed by atoms with Crippen LogP contribution in [-0.4, -0.2) is 48.6 Å². The second-order valence-electron chi connectivity index (χ2n) is 14.6. The molecular weight excluding hydrogens is 612 g/mol. The van der Waals surface area contributed by atoms with Crippen molar-refractivity contribution >= 4 is 11.9 Å². The third kappa shape index (κ3) is 31.8. The lowest BCUT2D eigenvalue weighted by Gasteiger charge is -2.12. The van der Waals surface area contributed by atoms with Gasteiger partial charge in [0.25, 0.3) is 0 Å². The number of epoxide rings is 1. The van der Waals surface area contributed by atoms with Gasteiger partial charge in [-0.3, -0.25) is 9.59 Å². The van der Waals surface area contributed by atoms with Crippen LogP contribution in [0.25, 0.3) is 0 Å². The zero-order chi connectivity index (χ0) is 35.6. The molecule has 1 saturated heterocycles. The molecule has 49 heavy (non-hydrogen) atoms. The zero-order valence-corrected chi connectivity index (χ0v) is 32.1. The molecule has 0 amide bonds. The molecule has 0 aromatic heterocycles. The molecule has 1 N–H and O–H groups in total. The normalized spacial score (nSPS) is 16.8. The number of aliphatic hydroxyl groups excluding tert-OH is 1. The number of esters is 2. The first kappa shape index (κ1) is 45.1. The molecule has 6 heteroatoms. The van der Waals surface area contributed by atoms with E-state index in [0.717, 1.165) is 50.9 Å². The van der Waals surface area contributed by atoms with Crippen LogP contribution in [-0.2, 0) is 23.8 Å². The second kappa shape index (κ2) is 33.2. The Balaban J connectivity index is 1.84. The number of unbranched alkanes of at least 4 members (excludes halogenated alkanes) is 17.